The fourth-order valence-corrected chi connectivity index (χ4v) is 3.38. The second-order valence-corrected chi connectivity index (χ2v) is 6.94. The van der Waals surface area contributed by atoms with Crippen LogP contribution in [0.5, 0.6) is 23.0 Å². The van der Waals surface area contributed by atoms with Gasteiger partial charge < -0.3 is 19.9 Å². The molecule has 0 aliphatic heterocycles. The van der Waals surface area contributed by atoms with Crippen molar-refractivity contribution in [2.45, 2.75) is 0 Å². The molecule has 0 unspecified atom stereocenters. The van der Waals surface area contributed by atoms with Gasteiger partial charge in [0.05, 0.1) is 19.9 Å². The monoisotopic (exact) mass is 423 g/mol. The topological polar surface area (TPSA) is 90.4 Å². The van der Waals surface area contributed by atoms with Gasteiger partial charge >= 0.3 is 0 Å². The minimum absolute atomic E-state index is 0.166. The molecule has 3 aromatic carbocycles. The van der Waals surface area contributed by atoms with Crippen LogP contribution in [0.25, 0.3) is 22.4 Å². The minimum Gasteiger partial charge on any atom is -0.493 e. The Morgan fingerprint density at radius 3 is 2.09 bits per heavy atom. The zero-order valence-corrected chi connectivity index (χ0v) is 17.7. The molecule has 2 N–H and O–H groups in total. The molecule has 0 fully saturated rings. The number of methoxy groups -OCH3 is 2. The van der Waals surface area contributed by atoms with E-state index in [0.717, 1.165) is 16.9 Å². The van der Waals surface area contributed by atoms with Crippen LogP contribution >= 0.6 is 0 Å². The number of aromatic nitrogens is 1. The fourth-order valence-electron chi connectivity index (χ4n) is 3.38. The van der Waals surface area contributed by atoms with E-state index in [1.165, 1.54) is 0 Å². The van der Waals surface area contributed by atoms with Crippen LogP contribution in [0.2, 0.25) is 0 Å². The number of benzene rings is 3. The molecule has 0 atom stereocenters. The van der Waals surface area contributed by atoms with Gasteiger partial charge in [-0.2, -0.15) is 5.26 Å². The molecule has 1 aromatic heterocycles. The molecule has 0 spiro atoms. The third kappa shape index (κ3) is 4.18. The normalized spacial score (nSPS) is 10.3. The molecule has 6 nitrogen and oxygen atoms in total. The number of nitrogens with two attached hydrogens (primary N) is 1. The van der Waals surface area contributed by atoms with E-state index in [-0.39, 0.29) is 5.82 Å². The molecule has 4 rings (SSSR count). The zero-order chi connectivity index (χ0) is 22.5. The van der Waals surface area contributed by atoms with E-state index < -0.39 is 0 Å². The lowest BCUT2D eigenvalue weighted by Gasteiger charge is -2.13. The Hall–Kier alpha value is -4.50. The van der Waals surface area contributed by atoms with Crippen LogP contribution in [-0.4, -0.2) is 19.2 Å². The molecule has 0 saturated heterocycles. The van der Waals surface area contributed by atoms with Crippen LogP contribution in [0.1, 0.15) is 5.56 Å². The molecule has 0 saturated carbocycles. The maximum atomic E-state index is 9.68. The summed E-state index contributed by atoms with van der Waals surface area (Å²) in [6.07, 6.45) is 0. The van der Waals surface area contributed by atoms with Gasteiger partial charge in [-0.1, -0.05) is 24.3 Å². The number of ether oxygens (including phenoxy) is 3. The Morgan fingerprint density at radius 2 is 1.44 bits per heavy atom. The first kappa shape index (κ1) is 20.8. The van der Waals surface area contributed by atoms with Crippen molar-refractivity contribution < 1.29 is 14.2 Å². The van der Waals surface area contributed by atoms with Crippen LogP contribution in [0.4, 0.5) is 5.82 Å². The highest BCUT2D eigenvalue weighted by Gasteiger charge is 2.15. The van der Waals surface area contributed by atoms with Gasteiger partial charge in [0.15, 0.2) is 11.5 Å². The highest BCUT2D eigenvalue weighted by Crippen LogP contribution is 2.36. The Balaban J connectivity index is 1.72. The first-order chi connectivity index (χ1) is 15.6. The maximum Gasteiger partial charge on any atom is 0.161 e. The van der Waals surface area contributed by atoms with Crippen molar-refractivity contribution in [2.24, 2.45) is 0 Å². The summed E-state index contributed by atoms with van der Waals surface area (Å²) in [5, 5.41) is 9.68. The molecule has 6 heteroatoms. The lowest BCUT2D eigenvalue weighted by atomic mass is 9.98. The van der Waals surface area contributed by atoms with Gasteiger partial charge in [0, 0.05) is 11.1 Å². The van der Waals surface area contributed by atoms with Gasteiger partial charge in [-0.05, 0) is 60.2 Å². The van der Waals surface area contributed by atoms with Gasteiger partial charge in [0.1, 0.15) is 28.9 Å². The molecular weight excluding hydrogens is 402 g/mol. The number of para-hydroxylation sites is 1. The van der Waals surface area contributed by atoms with Crippen molar-refractivity contribution in [3.63, 3.8) is 0 Å². The highest BCUT2D eigenvalue weighted by atomic mass is 16.5. The van der Waals surface area contributed by atoms with Gasteiger partial charge in [0.2, 0.25) is 0 Å². The summed E-state index contributed by atoms with van der Waals surface area (Å²) < 4.78 is 16.6. The maximum absolute atomic E-state index is 9.68. The van der Waals surface area contributed by atoms with Crippen molar-refractivity contribution in [1.82, 2.24) is 4.98 Å². The van der Waals surface area contributed by atoms with Crippen molar-refractivity contribution in [2.75, 3.05) is 20.0 Å². The van der Waals surface area contributed by atoms with Gasteiger partial charge in [-0.25, -0.2) is 4.98 Å². The molecule has 158 valence electrons. The Labute approximate surface area is 186 Å². The molecule has 1 heterocycles. The summed E-state index contributed by atoms with van der Waals surface area (Å²) in [7, 11) is 3.14. The molecule has 32 heavy (non-hydrogen) atoms. The second kappa shape index (κ2) is 9.11. The number of hydrogen-bond donors (Lipinski definition) is 1. The van der Waals surface area contributed by atoms with Gasteiger partial charge in [-0.15, -0.1) is 0 Å². The summed E-state index contributed by atoms with van der Waals surface area (Å²) in [5.74, 6) is 2.80. The predicted molar refractivity (Wildman–Crippen MR) is 124 cm³/mol. The Kier molecular flexibility index (Phi) is 5.91. The molecular formula is C26H21N3O3. The highest BCUT2D eigenvalue weighted by molar-refractivity contribution is 5.81. The third-order valence-corrected chi connectivity index (χ3v) is 4.98. The van der Waals surface area contributed by atoms with Gasteiger partial charge in [0.25, 0.3) is 0 Å². The minimum atomic E-state index is 0.166. The Bertz CT molecular complexity index is 1280. The van der Waals surface area contributed by atoms with E-state index in [0.29, 0.717) is 34.1 Å². The lowest BCUT2D eigenvalue weighted by molar-refractivity contribution is 0.355. The van der Waals surface area contributed by atoms with E-state index in [2.05, 4.69) is 11.1 Å². The fraction of sp³-hybridized carbons (Fsp3) is 0.0769. The largest absolute Gasteiger partial charge is 0.493 e. The van der Waals surface area contributed by atoms with Crippen LogP contribution in [0.15, 0.2) is 78.9 Å². The van der Waals surface area contributed by atoms with Crippen molar-refractivity contribution in [3.05, 3.63) is 84.4 Å². The SMILES string of the molecule is COc1ccc(-c2cc(-c3ccc(Oc4ccccc4)cc3)nc(N)c2C#N)cc1OC. The number of nitriles is 1. The van der Waals surface area contributed by atoms with Crippen molar-refractivity contribution in [1.29, 1.82) is 5.26 Å². The van der Waals surface area contributed by atoms with E-state index >= 15 is 0 Å². The number of anilines is 1. The van der Waals surface area contributed by atoms with Crippen LogP contribution in [0.3, 0.4) is 0 Å². The van der Waals surface area contributed by atoms with Gasteiger partial charge in [-0.3, -0.25) is 0 Å². The number of nitrogen functional groups attached to an aromatic ring is 1. The van der Waals surface area contributed by atoms with Crippen molar-refractivity contribution >= 4 is 5.82 Å². The summed E-state index contributed by atoms with van der Waals surface area (Å²) in [6, 6.07) is 26.6. The number of hydrogen-bond acceptors (Lipinski definition) is 6. The molecule has 0 bridgehead atoms. The lowest BCUT2D eigenvalue weighted by Crippen LogP contribution is -2.00. The second-order valence-electron chi connectivity index (χ2n) is 6.94. The van der Waals surface area contributed by atoms with E-state index in [1.54, 1.807) is 20.3 Å². The summed E-state index contributed by atoms with van der Waals surface area (Å²) in [4.78, 5) is 4.45. The molecule has 0 amide bonds. The van der Waals surface area contributed by atoms with E-state index in [9.17, 15) is 5.26 Å². The Morgan fingerprint density at radius 1 is 0.781 bits per heavy atom. The molecule has 0 aliphatic rings. The standard InChI is InChI=1S/C26H21N3O3/c1-30-24-13-10-18(14-25(24)31-2)21-15-23(29-26(28)22(21)16-27)17-8-11-20(12-9-17)32-19-6-4-3-5-7-19/h3-15H,1-2H3,(H2,28,29). The summed E-state index contributed by atoms with van der Waals surface area (Å²) in [5.41, 5.74) is 9.41. The van der Waals surface area contributed by atoms with Crippen LogP contribution in [0, 0.1) is 11.3 Å². The average Bonchev–Trinajstić information content (AvgIpc) is 2.84. The zero-order valence-electron chi connectivity index (χ0n) is 17.7. The first-order valence-corrected chi connectivity index (χ1v) is 9.89. The van der Waals surface area contributed by atoms with Crippen LogP contribution in [-0.2, 0) is 0 Å². The number of pyridine rings is 1. The number of nitrogens with zero attached hydrogens (tertiary/aromatic N) is 2. The van der Waals surface area contributed by atoms with Crippen LogP contribution < -0.4 is 19.9 Å². The summed E-state index contributed by atoms with van der Waals surface area (Å²) in [6.45, 7) is 0. The predicted octanol–water partition coefficient (Wildman–Crippen LogP) is 5.68. The number of rotatable bonds is 6. The quantitative estimate of drug-likeness (QED) is 0.429. The van der Waals surface area contributed by atoms with E-state index in [1.807, 2.05) is 72.8 Å². The molecule has 0 radical (unpaired) electrons. The smallest absolute Gasteiger partial charge is 0.161 e. The third-order valence-electron chi connectivity index (χ3n) is 4.98. The molecule has 4 aromatic rings. The average molecular weight is 423 g/mol. The van der Waals surface area contributed by atoms with E-state index in [4.69, 9.17) is 19.9 Å². The first-order valence-electron chi connectivity index (χ1n) is 9.89. The molecule has 0 aliphatic carbocycles. The van der Waals surface area contributed by atoms with Crippen molar-refractivity contribution in [3.8, 4) is 51.5 Å². The summed E-state index contributed by atoms with van der Waals surface area (Å²) >= 11 is 0.